The number of rotatable bonds is 8. The van der Waals surface area contributed by atoms with Gasteiger partial charge in [-0.05, 0) is 116 Å². The predicted octanol–water partition coefficient (Wildman–Crippen LogP) is 9.48. The molecule has 1 aromatic rings. The van der Waals surface area contributed by atoms with Crippen molar-refractivity contribution in [1.82, 2.24) is 0 Å². The van der Waals surface area contributed by atoms with Crippen LogP contribution in [0.15, 0.2) is 34.5 Å². The number of carbonyl (C=O) groups is 1. The van der Waals surface area contributed by atoms with Crippen LogP contribution in [0.25, 0.3) is 0 Å². The third-order valence-corrected chi connectivity index (χ3v) is 12.3. The lowest BCUT2D eigenvalue weighted by Crippen LogP contribution is -2.51. The molecule has 1 aromatic heterocycles. The standard InChI is InChI=1S/C34H52O3/c1-7-24(22(2)3)11-10-23(4)28-14-15-29-27-13-12-25-21-26(37-32(35)31-9-8-20-36-31)16-18-33(25,5)30(27)17-19-34(28,29)6/h8-9,12,20,22-24,26-30H,7,10-11,13-19,21H2,1-6H3/t23-,24-,26+,27+,28-,29+,30+,33+,34-/m1/s1. The average Bonchev–Trinajstić information content (AvgIpc) is 3.52. The smallest absolute Gasteiger partial charge is 0.374 e. The molecule has 0 bridgehead atoms. The summed E-state index contributed by atoms with van der Waals surface area (Å²) in [5.74, 6) is 5.98. The fourth-order valence-electron chi connectivity index (χ4n) is 9.99. The van der Waals surface area contributed by atoms with Crippen LogP contribution in [-0.2, 0) is 4.74 Å². The van der Waals surface area contributed by atoms with Crippen LogP contribution >= 0.6 is 0 Å². The first-order chi connectivity index (χ1) is 17.7. The predicted molar refractivity (Wildman–Crippen MR) is 150 cm³/mol. The maximum atomic E-state index is 12.5. The van der Waals surface area contributed by atoms with Crippen molar-refractivity contribution >= 4 is 5.97 Å². The van der Waals surface area contributed by atoms with Crippen molar-refractivity contribution in [2.45, 2.75) is 118 Å². The van der Waals surface area contributed by atoms with Crippen molar-refractivity contribution in [3.63, 3.8) is 0 Å². The van der Waals surface area contributed by atoms with Crippen molar-refractivity contribution in [2.24, 2.45) is 52.3 Å². The molecule has 206 valence electrons. The Balaban J connectivity index is 1.25. The van der Waals surface area contributed by atoms with Crippen molar-refractivity contribution in [3.8, 4) is 0 Å². The Kier molecular flexibility index (Phi) is 7.74. The normalized spacial score (nSPS) is 38.8. The zero-order valence-corrected chi connectivity index (χ0v) is 24.4. The highest BCUT2D eigenvalue weighted by molar-refractivity contribution is 5.86. The Morgan fingerprint density at radius 3 is 2.59 bits per heavy atom. The Labute approximate surface area is 226 Å². The van der Waals surface area contributed by atoms with Crippen LogP contribution in [0.4, 0.5) is 0 Å². The maximum Gasteiger partial charge on any atom is 0.374 e. The molecule has 0 aliphatic heterocycles. The van der Waals surface area contributed by atoms with E-state index in [0.29, 0.717) is 11.2 Å². The van der Waals surface area contributed by atoms with Gasteiger partial charge in [-0.25, -0.2) is 4.79 Å². The molecule has 37 heavy (non-hydrogen) atoms. The molecule has 0 amide bonds. The van der Waals surface area contributed by atoms with Crippen molar-refractivity contribution in [3.05, 3.63) is 35.8 Å². The molecule has 0 N–H and O–H groups in total. The van der Waals surface area contributed by atoms with Gasteiger partial charge in [0.2, 0.25) is 5.76 Å². The van der Waals surface area contributed by atoms with Gasteiger partial charge in [0.15, 0.2) is 0 Å². The SMILES string of the molecule is CC[C@H](CC[C@@H](C)[C@H]1CC[C@H]2[C@@H]3CC=C4C[C@@H](OC(=O)c5ccco5)CC[C@]4(C)[C@H]3CC[C@]12C)C(C)C. The van der Waals surface area contributed by atoms with Gasteiger partial charge >= 0.3 is 5.97 Å². The minimum atomic E-state index is -0.314. The maximum absolute atomic E-state index is 12.5. The van der Waals surface area contributed by atoms with Gasteiger partial charge in [0, 0.05) is 6.42 Å². The molecule has 0 spiro atoms. The quantitative estimate of drug-likeness (QED) is 0.259. The molecular weight excluding hydrogens is 456 g/mol. The van der Waals surface area contributed by atoms with E-state index in [-0.39, 0.29) is 17.5 Å². The van der Waals surface area contributed by atoms with E-state index in [1.54, 1.807) is 17.7 Å². The Morgan fingerprint density at radius 2 is 1.89 bits per heavy atom. The fourth-order valence-corrected chi connectivity index (χ4v) is 9.99. The molecule has 9 atom stereocenters. The van der Waals surface area contributed by atoms with Gasteiger partial charge in [-0.1, -0.05) is 66.0 Å². The van der Waals surface area contributed by atoms with Crippen LogP contribution in [0.5, 0.6) is 0 Å². The molecule has 0 aromatic carbocycles. The lowest BCUT2D eigenvalue weighted by Gasteiger charge is -2.58. The van der Waals surface area contributed by atoms with E-state index in [9.17, 15) is 4.79 Å². The number of hydrogen-bond acceptors (Lipinski definition) is 3. The van der Waals surface area contributed by atoms with Gasteiger partial charge in [0.25, 0.3) is 0 Å². The molecule has 3 fully saturated rings. The number of hydrogen-bond donors (Lipinski definition) is 0. The molecular formula is C34H52O3. The summed E-state index contributed by atoms with van der Waals surface area (Å²) >= 11 is 0. The minimum Gasteiger partial charge on any atom is -0.457 e. The van der Waals surface area contributed by atoms with Gasteiger partial charge in [-0.3, -0.25) is 0 Å². The van der Waals surface area contributed by atoms with Crippen LogP contribution in [0, 0.1) is 52.3 Å². The number of furan rings is 1. The number of esters is 1. The number of ether oxygens (including phenoxy) is 1. The first kappa shape index (κ1) is 27.1. The first-order valence-electron chi connectivity index (χ1n) is 15.6. The third kappa shape index (κ3) is 4.87. The average molecular weight is 509 g/mol. The Morgan fingerprint density at radius 1 is 1.08 bits per heavy atom. The summed E-state index contributed by atoms with van der Waals surface area (Å²) in [6.07, 6.45) is 18.2. The summed E-state index contributed by atoms with van der Waals surface area (Å²) in [5, 5.41) is 0. The van der Waals surface area contributed by atoms with E-state index in [4.69, 9.17) is 9.15 Å². The lowest BCUT2D eigenvalue weighted by atomic mass is 9.47. The fraction of sp³-hybridized carbons (Fsp3) is 0.794. The molecule has 3 nitrogen and oxygen atoms in total. The lowest BCUT2D eigenvalue weighted by molar-refractivity contribution is -0.0599. The Hall–Kier alpha value is -1.51. The monoisotopic (exact) mass is 508 g/mol. The largest absolute Gasteiger partial charge is 0.457 e. The second kappa shape index (κ2) is 10.6. The number of carbonyl (C=O) groups excluding carboxylic acids is 1. The summed E-state index contributed by atoms with van der Waals surface area (Å²) in [5.41, 5.74) is 2.38. The van der Waals surface area contributed by atoms with Crippen LogP contribution in [-0.4, -0.2) is 12.1 Å². The highest BCUT2D eigenvalue weighted by Crippen LogP contribution is 2.67. The highest BCUT2D eigenvalue weighted by atomic mass is 16.6. The van der Waals surface area contributed by atoms with Crippen LogP contribution in [0.1, 0.15) is 123 Å². The number of fused-ring (bicyclic) bond motifs is 5. The second-order valence-corrected chi connectivity index (χ2v) is 14.2. The minimum absolute atomic E-state index is 0.0168. The van der Waals surface area contributed by atoms with E-state index in [0.717, 1.165) is 60.7 Å². The van der Waals surface area contributed by atoms with E-state index in [1.165, 1.54) is 57.6 Å². The van der Waals surface area contributed by atoms with Crippen LogP contribution in [0.2, 0.25) is 0 Å². The third-order valence-electron chi connectivity index (χ3n) is 12.3. The molecule has 1 heterocycles. The molecule has 3 heteroatoms. The summed E-state index contributed by atoms with van der Waals surface area (Å²) in [7, 11) is 0. The summed E-state index contributed by atoms with van der Waals surface area (Å²) in [4.78, 5) is 12.5. The van der Waals surface area contributed by atoms with E-state index in [1.807, 2.05) is 0 Å². The van der Waals surface area contributed by atoms with Crippen LogP contribution < -0.4 is 0 Å². The molecule has 4 aliphatic rings. The summed E-state index contributed by atoms with van der Waals surface area (Å²) < 4.78 is 11.1. The second-order valence-electron chi connectivity index (χ2n) is 14.2. The zero-order chi connectivity index (χ0) is 26.4. The number of allylic oxidation sites excluding steroid dienone is 1. The van der Waals surface area contributed by atoms with Gasteiger partial charge in [0.1, 0.15) is 6.10 Å². The van der Waals surface area contributed by atoms with E-state index < -0.39 is 0 Å². The topological polar surface area (TPSA) is 39.4 Å². The Bertz CT molecular complexity index is 960. The van der Waals surface area contributed by atoms with Gasteiger partial charge < -0.3 is 9.15 Å². The molecule has 0 radical (unpaired) electrons. The molecule has 0 saturated heterocycles. The molecule has 4 aliphatic carbocycles. The summed E-state index contributed by atoms with van der Waals surface area (Å²) in [6, 6.07) is 3.44. The summed E-state index contributed by atoms with van der Waals surface area (Å²) in [6.45, 7) is 15.0. The van der Waals surface area contributed by atoms with Crippen LogP contribution in [0.3, 0.4) is 0 Å². The zero-order valence-electron chi connectivity index (χ0n) is 24.4. The molecule has 3 saturated carbocycles. The van der Waals surface area contributed by atoms with Crippen molar-refractivity contribution in [2.75, 3.05) is 0 Å². The first-order valence-corrected chi connectivity index (χ1v) is 15.6. The molecule has 5 rings (SSSR count). The molecule has 0 unspecified atom stereocenters. The van der Waals surface area contributed by atoms with Gasteiger partial charge in [0.05, 0.1) is 6.26 Å². The van der Waals surface area contributed by atoms with Crippen molar-refractivity contribution < 1.29 is 13.9 Å². The van der Waals surface area contributed by atoms with Gasteiger partial charge in [-0.2, -0.15) is 0 Å². The van der Waals surface area contributed by atoms with Gasteiger partial charge in [-0.15, -0.1) is 0 Å². The highest BCUT2D eigenvalue weighted by Gasteiger charge is 2.59. The van der Waals surface area contributed by atoms with E-state index in [2.05, 4.69) is 47.6 Å². The van der Waals surface area contributed by atoms with E-state index >= 15 is 0 Å². The van der Waals surface area contributed by atoms with Crippen molar-refractivity contribution in [1.29, 1.82) is 0 Å².